The number of carbonyl (C=O) groups is 1. The normalized spacial score (nSPS) is 9.00. The number of methoxy groups -OCH3 is 1. The van der Waals surface area contributed by atoms with E-state index < -0.39 is 0 Å². The average molecular weight is 143 g/mol. The zero-order valence-electron chi connectivity index (χ0n) is 6.64. The number of esters is 1. The van der Waals surface area contributed by atoms with Crippen LogP contribution in [0.25, 0.3) is 0 Å². The fraction of sp³-hybridized carbons (Fsp3) is 0.625. The molecule has 0 saturated carbocycles. The first-order chi connectivity index (χ1) is 4.66. The van der Waals surface area contributed by atoms with Gasteiger partial charge in [0.2, 0.25) is 0 Å². The van der Waals surface area contributed by atoms with Crippen molar-refractivity contribution in [1.82, 2.24) is 0 Å². The number of hydrogen-bond acceptors (Lipinski definition) is 2. The van der Waals surface area contributed by atoms with Gasteiger partial charge in [-0.3, -0.25) is 4.79 Å². The van der Waals surface area contributed by atoms with E-state index in [0.29, 0.717) is 6.42 Å². The maximum absolute atomic E-state index is 10.5. The van der Waals surface area contributed by atoms with Crippen LogP contribution in [0.15, 0.2) is 12.2 Å². The van der Waals surface area contributed by atoms with Gasteiger partial charge in [0.1, 0.15) is 0 Å². The molecule has 0 aromatic rings. The summed E-state index contributed by atoms with van der Waals surface area (Å²) < 4.78 is 4.46. The summed E-state index contributed by atoms with van der Waals surface area (Å²) in [6.45, 7) is 5.68. The lowest BCUT2D eigenvalue weighted by Crippen LogP contribution is -1.99. The fourth-order valence-corrected chi connectivity index (χ4v) is 0.637. The lowest BCUT2D eigenvalue weighted by Gasteiger charge is -1.97. The van der Waals surface area contributed by atoms with Gasteiger partial charge >= 0.3 is 5.97 Å². The molecule has 10 heavy (non-hydrogen) atoms. The Hall–Kier alpha value is -0.790. The zero-order valence-corrected chi connectivity index (χ0v) is 6.64. The van der Waals surface area contributed by atoms with Gasteiger partial charge in [-0.05, 0) is 19.8 Å². The molecule has 0 aliphatic heterocycles. The Morgan fingerprint density at radius 3 is 2.50 bits per heavy atom. The van der Waals surface area contributed by atoms with Gasteiger partial charge in [0.15, 0.2) is 0 Å². The van der Waals surface area contributed by atoms with Crippen molar-refractivity contribution in [3.8, 4) is 0 Å². The van der Waals surface area contributed by atoms with Crippen molar-refractivity contribution in [2.45, 2.75) is 26.2 Å². The summed E-state index contributed by atoms with van der Waals surface area (Å²) in [6.07, 6.45) is 2.26. The van der Waals surface area contributed by atoms with Gasteiger partial charge in [-0.25, -0.2) is 0 Å². The van der Waals surface area contributed by atoms with Gasteiger partial charge in [0, 0.05) is 6.42 Å². The zero-order chi connectivity index (χ0) is 7.98. The summed E-state index contributed by atoms with van der Waals surface area (Å²) in [6, 6.07) is 0. The second-order valence-electron chi connectivity index (χ2n) is 2.39. The topological polar surface area (TPSA) is 26.3 Å². The molecule has 0 aliphatic rings. The first-order valence-electron chi connectivity index (χ1n) is 3.38. The molecule has 0 unspecified atom stereocenters. The summed E-state index contributed by atoms with van der Waals surface area (Å²) in [7, 11) is 1.41. The van der Waals surface area contributed by atoms with E-state index in [1.807, 2.05) is 6.92 Å². The molecule has 0 N–H and O–H groups in total. The molecular formula is C8H14O2. The first-order valence-corrected chi connectivity index (χ1v) is 3.38. The van der Waals surface area contributed by atoms with Crippen molar-refractivity contribution in [1.29, 1.82) is 0 Å². The highest BCUT2D eigenvalue weighted by molar-refractivity contribution is 5.69. The third-order valence-corrected chi connectivity index (χ3v) is 1.21. The molecule has 0 bridgehead atoms. The van der Waals surface area contributed by atoms with E-state index >= 15 is 0 Å². The average Bonchev–Trinajstić information content (AvgIpc) is 1.87. The maximum atomic E-state index is 10.5. The van der Waals surface area contributed by atoms with E-state index in [1.165, 1.54) is 7.11 Å². The summed E-state index contributed by atoms with van der Waals surface area (Å²) in [5.74, 6) is -0.138. The molecule has 2 heteroatoms. The Balaban J connectivity index is 3.20. The summed E-state index contributed by atoms with van der Waals surface area (Å²) in [5.41, 5.74) is 1.11. The van der Waals surface area contributed by atoms with Gasteiger partial charge in [-0.1, -0.05) is 5.57 Å². The monoisotopic (exact) mass is 143 g/mol. The smallest absolute Gasteiger partial charge is 0.305 e. The van der Waals surface area contributed by atoms with Gasteiger partial charge in [0.25, 0.3) is 0 Å². The number of ether oxygens (including phenoxy) is 1. The number of allylic oxidation sites excluding steroid dienone is 1. The van der Waals surface area contributed by atoms with Crippen LogP contribution in [0.5, 0.6) is 0 Å². The van der Waals surface area contributed by atoms with Crippen molar-refractivity contribution < 1.29 is 9.53 Å². The number of carbonyl (C=O) groups excluding carboxylic acids is 1. The highest BCUT2D eigenvalue weighted by Gasteiger charge is 1.97. The molecule has 0 atom stereocenters. The third kappa shape index (κ3) is 5.35. The molecule has 0 aromatic carbocycles. The summed E-state index contributed by atoms with van der Waals surface area (Å²) in [5, 5.41) is 0. The Kier molecular flexibility index (Phi) is 4.63. The molecule has 0 fully saturated rings. The quantitative estimate of drug-likeness (QED) is 0.341. The van der Waals surface area contributed by atoms with Crippen LogP contribution in [0.3, 0.4) is 0 Å². The van der Waals surface area contributed by atoms with E-state index in [0.717, 1.165) is 18.4 Å². The molecule has 0 radical (unpaired) electrons. The molecular weight excluding hydrogens is 129 g/mol. The molecule has 2 nitrogen and oxygen atoms in total. The van der Waals surface area contributed by atoms with Gasteiger partial charge in [-0.15, -0.1) is 6.58 Å². The van der Waals surface area contributed by atoms with E-state index in [9.17, 15) is 4.79 Å². The predicted octanol–water partition coefficient (Wildman–Crippen LogP) is 1.91. The van der Waals surface area contributed by atoms with Crippen LogP contribution in [-0.2, 0) is 9.53 Å². The van der Waals surface area contributed by atoms with Crippen LogP contribution in [0, 0.1) is 0 Å². The second-order valence-corrected chi connectivity index (χ2v) is 2.39. The van der Waals surface area contributed by atoms with Crippen LogP contribution in [0.2, 0.25) is 0 Å². The van der Waals surface area contributed by atoms with Gasteiger partial charge in [0.05, 0.1) is 7.11 Å². The Morgan fingerprint density at radius 1 is 1.50 bits per heavy atom. The molecule has 0 spiro atoms. The van der Waals surface area contributed by atoms with E-state index in [-0.39, 0.29) is 5.97 Å². The van der Waals surface area contributed by atoms with Crippen molar-refractivity contribution in [3.05, 3.63) is 12.2 Å². The highest BCUT2D eigenvalue weighted by atomic mass is 16.5. The van der Waals surface area contributed by atoms with E-state index in [1.54, 1.807) is 0 Å². The molecule has 0 aliphatic carbocycles. The second kappa shape index (κ2) is 5.03. The lowest BCUT2D eigenvalue weighted by atomic mass is 10.2. The summed E-state index contributed by atoms with van der Waals surface area (Å²) in [4.78, 5) is 10.5. The molecule has 0 heterocycles. The molecule has 0 aromatic heterocycles. The van der Waals surface area contributed by atoms with Crippen LogP contribution in [0.1, 0.15) is 26.2 Å². The van der Waals surface area contributed by atoms with Crippen molar-refractivity contribution >= 4 is 5.97 Å². The maximum Gasteiger partial charge on any atom is 0.305 e. The van der Waals surface area contributed by atoms with Crippen molar-refractivity contribution in [2.24, 2.45) is 0 Å². The van der Waals surface area contributed by atoms with E-state index in [2.05, 4.69) is 11.3 Å². The summed E-state index contributed by atoms with van der Waals surface area (Å²) >= 11 is 0. The molecule has 0 rings (SSSR count). The SMILES string of the molecule is C=C([13CH3])CCCC(=O)OC. The predicted molar refractivity (Wildman–Crippen MR) is 40.7 cm³/mol. The standard InChI is InChI=1S/C8H14O2/c1-7(2)5-4-6-8(9)10-3/h1,4-6H2,2-3H3/i2+1. The van der Waals surface area contributed by atoms with Crippen LogP contribution < -0.4 is 0 Å². The van der Waals surface area contributed by atoms with E-state index in [4.69, 9.17) is 0 Å². The number of hydrogen-bond donors (Lipinski definition) is 0. The molecule has 58 valence electrons. The van der Waals surface area contributed by atoms with Gasteiger partial charge in [-0.2, -0.15) is 0 Å². The minimum Gasteiger partial charge on any atom is -0.469 e. The van der Waals surface area contributed by atoms with Gasteiger partial charge < -0.3 is 4.74 Å². The fourth-order valence-electron chi connectivity index (χ4n) is 0.637. The van der Waals surface area contributed by atoms with Crippen molar-refractivity contribution in [3.63, 3.8) is 0 Å². The van der Waals surface area contributed by atoms with Crippen molar-refractivity contribution in [2.75, 3.05) is 7.11 Å². The third-order valence-electron chi connectivity index (χ3n) is 1.21. The Morgan fingerprint density at radius 2 is 2.10 bits per heavy atom. The lowest BCUT2D eigenvalue weighted by molar-refractivity contribution is -0.140. The minimum absolute atomic E-state index is 0.138. The van der Waals surface area contributed by atoms with Crippen LogP contribution in [0.4, 0.5) is 0 Å². The largest absolute Gasteiger partial charge is 0.469 e. The Labute approximate surface area is 61.9 Å². The Bertz CT molecular complexity index is 127. The number of rotatable bonds is 4. The first kappa shape index (κ1) is 9.21. The minimum atomic E-state index is -0.138. The van der Waals surface area contributed by atoms with Crippen LogP contribution >= 0.6 is 0 Å². The highest BCUT2D eigenvalue weighted by Crippen LogP contribution is 2.03. The molecule has 0 amide bonds. The molecule has 0 saturated heterocycles. The van der Waals surface area contributed by atoms with Crippen LogP contribution in [-0.4, -0.2) is 13.1 Å².